The first-order valence-corrected chi connectivity index (χ1v) is 7.17. The van der Waals surface area contributed by atoms with Gasteiger partial charge in [0.05, 0.1) is 17.6 Å². The molecule has 21 heavy (non-hydrogen) atoms. The number of aryl methyl sites for hydroxylation is 1. The Morgan fingerprint density at radius 3 is 2.52 bits per heavy atom. The molecule has 2 rings (SSSR count). The summed E-state index contributed by atoms with van der Waals surface area (Å²) in [6, 6.07) is 16.7. The van der Waals surface area contributed by atoms with Gasteiger partial charge in [0.25, 0.3) is 5.69 Å². The van der Waals surface area contributed by atoms with Crippen molar-refractivity contribution in [2.24, 2.45) is 0 Å². The molecule has 0 aromatic heterocycles. The largest absolute Gasteiger partial charge is 0.493 e. The van der Waals surface area contributed by atoms with E-state index in [2.05, 4.69) is 24.3 Å². The van der Waals surface area contributed by atoms with Crippen LogP contribution in [-0.4, -0.2) is 11.5 Å². The number of unbranched alkanes of at least 4 members (excludes halogenated alkanes) is 2. The van der Waals surface area contributed by atoms with E-state index in [1.807, 2.05) is 6.07 Å². The van der Waals surface area contributed by atoms with E-state index in [0.717, 1.165) is 25.7 Å². The Hall–Kier alpha value is -2.36. The van der Waals surface area contributed by atoms with Gasteiger partial charge in [-0.1, -0.05) is 36.4 Å². The number of nitrogens with zero attached hydrogens (tertiary/aromatic N) is 1. The fourth-order valence-corrected chi connectivity index (χ4v) is 2.13. The fourth-order valence-electron chi connectivity index (χ4n) is 2.13. The highest BCUT2D eigenvalue weighted by molar-refractivity contribution is 5.37. The molecule has 0 amide bonds. The van der Waals surface area contributed by atoms with Crippen molar-refractivity contribution in [3.63, 3.8) is 0 Å². The summed E-state index contributed by atoms with van der Waals surface area (Å²) in [5, 5.41) is 10.7. The summed E-state index contributed by atoms with van der Waals surface area (Å²) in [5.41, 5.74) is 1.42. The van der Waals surface area contributed by atoms with Crippen LogP contribution in [0.2, 0.25) is 0 Å². The van der Waals surface area contributed by atoms with Crippen molar-refractivity contribution in [2.75, 3.05) is 6.61 Å². The topological polar surface area (TPSA) is 52.4 Å². The number of non-ortho nitro benzene ring substituents is 1. The molecule has 0 heterocycles. The number of hydrogen-bond acceptors (Lipinski definition) is 3. The molecule has 0 N–H and O–H groups in total. The molecule has 0 aliphatic rings. The molecule has 0 atom stereocenters. The Bertz CT molecular complexity index is 569. The van der Waals surface area contributed by atoms with Gasteiger partial charge in [-0.05, 0) is 37.3 Å². The maximum absolute atomic E-state index is 10.7. The lowest BCUT2D eigenvalue weighted by molar-refractivity contribution is -0.384. The second kappa shape index (κ2) is 8.04. The third kappa shape index (κ3) is 5.26. The van der Waals surface area contributed by atoms with Crippen LogP contribution < -0.4 is 4.74 Å². The van der Waals surface area contributed by atoms with Crippen LogP contribution in [0.5, 0.6) is 5.75 Å². The average molecular weight is 285 g/mol. The molecule has 4 nitrogen and oxygen atoms in total. The number of rotatable bonds is 8. The fraction of sp³-hybridized carbons (Fsp3) is 0.294. The van der Waals surface area contributed by atoms with Gasteiger partial charge in [-0.2, -0.15) is 0 Å². The SMILES string of the molecule is O=[N+]([O-])c1cccc(OCCCCCc2ccccc2)c1. The van der Waals surface area contributed by atoms with Gasteiger partial charge in [0.1, 0.15) is 5.75 Å². The van der Waals surface area contributed by atoms with Crippen molar-refractivity contribution in [2.45, 2.75) is 25.7 Å². The molecule has 0 radical (unpaired) electrons. The Morgan fingerprint density at radius 2 is 1.76 bits per heavy atom. The maximum atomic E-state index is 10.7. The van der Waals surface area contributed by atoms with Crippen LogP contribution in [0.15, 0.2) is 54.6 Å². The summed E-state index contributed by atoms with van der Waals surface area (Å²) in [5.74, 6) is 0.562. The monoisotopic (exact) mass is 285 g/mol. The van der Waals surface area contributed by atoms with Crippen molar-refractivity contribution in [3.05, 3.63) is 70.3 Å². The van der Waals surface area contributed by atoms with Gasteiger partial charge in [0.2, 0.25) is 0 Å². The van der Waals surface area contributed by atoms with E-state index in [1.54, 1.807) is 12.1 Å². The van der Waals surface area contributed by atoms with Gasteiger partial charge in [0, 0.05) is 6.07 Å². The van der Waals surface area contributed by atoms with E-state index in [0.29, 0.717) is 12.4 Å². The predicted octanol–water partition coefficient (Wildman–Crippen LogP) is 4.39. The van der Waals surface area contributed by atoms with E-state index in [-0.39, 0.29) is 5.69 Å². The van der Waals surface area contributed by atoms with E-state index in [9.17, 15) is 10.1 Å². The zero-order valence-corrected chi connectivity index (χ0v) is 11.9. The molecular weight excluding hydrogens is 266 g/mol. The zero-order chi connectivity index (χ0) is 14.9. The van der Waals surface area contributed by atoms with Crippen LogP contribution in [0.25, 0.3) is 0 Å². The number of ether oxygens (including phenoxy) is 1. The number of nitro groups is 1. The molecule has 0 unspecified atom stereocenters. The van der Waals surface area contributed by atoms with Crippen LogP contribution in [0.3, 0.4) is 0 Å². The lowest BCUT2D eigenvalue weighted by Gasteiger charge is -2.06. The highest BCUT2D eigenvalue weighted by Gasteiger charge is 2.05. The first kappa shape index (κ1) is 15.0. The maximum Gasteiger partial charge on any atom is 0.273 e. The third-order valence-corrected chi connectivity index (χ3v) is 3.25. The summed E-state index contributed by atoms with van der Waals surface area (Å²) in [4.78, 5) is 10.2. The van der Waals surface area contributed by atoms with E-state index in [1.165, 1.54) is 17.7 Å². The van der Waals surface area contributed by atoms with Gasteiger partial charge in [-0.15, -0.1) is 0 Å². The van der Waals surface area contributed by atoms with Crippen LogP contribution in [0.1, 0.15) is 24.8 Å². The third-order valence-electron chi connectivity index (χ3n) is 3.25. The number of benzene rings is 2. The van der Waals surface area contributed by atoms with E-state index in [4.69, 9.17) is 4.74 Å². The van der Waals surface area contributed by atoms with Crippen molar-refractivity contribution in [1.82, 2.24) is 0 Å². The Morgan fingerprint density at radius 1 is 0.952 bits per heavy atom. The van der Waals surface area contributed by atoms with Crippen molar-refractivity contribution >= 4 is 5.69 Å². The highest BCUT2D eigenvalue weighted by Crippen LogP contribution is 2.19. The van der Waals surface area contributed by atoms with Gasteiger partial charge in [-0.3, -0.25) is 10.1 Å². The highest BCUT2D eigenvalue weighted by atomic mass is 16.6. The number of hydrogen-bond donors (Lipinski definition) is 0. The molecule has 2 aromatic rings. The number of nitro benzene ring substituents is 1. The standard InChI is InChI=1S/C17H19NO3/c19-18(20)16-11-7-12-17(14-16)21-13-6-2-5-10-15-8-3-1-4-9-15/h1,3-4,7-9,11-12,14H,2,5-6,10,13H2. The molecule has 0 saturated heterocycles. The quantitative estimate of drug-likeness (QED) is 0.410. The van der Waals surface area contributed by atoms with Crippen LogP contribution in [0.4, 0.5) is 5.69 Å². The Labute approximate surface area is 124 Å². The molecule has 0 fully saturated rings. The van der Waals surface area contributed by atoms with Gasteiger partial charge >= 0.3 is 0 Å². The van der Waals surface area contributed by atoms with Crippen molar-refractivity contribution in [1.29, 1.82) is 0 Å². The molecule has 0 saturated carbocycles. The molecule has 4 heteroatoms. The summed E-state index contributed by atoms with van der Waals surface area (Å²) in [6.45, 7) is 0.593. The summed E-state index contributed by atoms with van der Waals surface area (Å²) in [7, 11) is 0. The van der Waals surface area contributed by atoms with E-state index < -0.39 is 4.92 Å². The Balaban J connectivity index is 1.64. The molecule has 2 aromatic carbocycles. The summed E-state index contributed by atoms with van der Waals surface area (Å²) in [6.07, 6.45) is 4.25. The average Bonchev–Trinajstić information content (AvgIpc) is 2.52. The van der Waals surface area contributed by atoms with Crippen molar-refractivity contribution < 1.29 is 9.66 Å². The Kier molecular flexibility index (Phi) is 5.76. The lowest BCUT2D eigenvalue weighted by atomic mass is 10.1. The lowest BCUT2D eigenvalue weighted by Crippen LogP contribution is -1.98. The first-order valence-electron chi connectivity index (χ1n) is 7.17. The van der Waals surface area contributed by atoms with Crippen molar-refractivity contribution in [3.8, 4) is 5.75 Å². The van der Waals surface area contributed by atoms with Crippen LogP contribution >= 0.6 is 0 Å². The van der Waals surface area contributed by atoms with Crippen LogP contribution in [0, 0.1) is 10.1 Å². The zero-order valence-electron chi connectivity index (χ0n) is 11.9. The minimum absolute atomic E-state index is 0.0663. The molecule has 0 aliphatic heterocycles. The summed E-state index contributed by atoms with van der Waals surface area (Å²) >= 11 is 0. The molecule has 0 spiro atoms. The molecule has 0 aliphatic carbocycles. The van der Waals surface area contributed by atoms with Gasteiger partial charge in [-0.25, -0.2) is 0 Å². The second-order valence-electron chi connectivity index (χ2n) is 4.90. The van der Waals surface area contributed by atoms with Gasteiger partial charge < -0.3 is 4.74 Å². The van der Waals surface area contributed by atoms with Crippen LogP contribution in [-0.2, 0) is 6.42 Å². The summed E-state index contributed by atoms with van der Waals surface area (Å²) < 4.78 is 5.54. The smallest absolute Gasteiger partial charge is 0.273 e. The molecule has 0 bridgehead atoms. The van der Waals surface area contributed by atoms with E-state index >= 15 is 0 Å². The molecule has 110 valence electrons. The van der Waals surface area contributed by atoms with Gasteiger partial charge in [0.15, 0.2) is 0 Å². The minimum atomic E-state index is -0.410. The molecular formula is C17H19NO3. The normalized spacial score (nSPS) is 10.3. The predicted molar refractivity (Wildman–Crippen MR) is 82.6 cm³/mol. The first-order chi connectivity index (χ1) is 10.3. The second-order valence-corrected chi connectivity index (χ2v) is 4.90. The minimum Gasteiger partial charge on any atom is -0.493 e.